The van der Waals surface area contributed by atoms with Crippen LogP contribution in [0, 0.1) is 16.7 Å². The van der Waals surface area contributed by atoms with Gasteiger partial charge in [0.05, 0.1) is 12.2 Å². The van der Waals surface area contributed by atoms with Crippen LogP contribution in [0.1, 0.15) is 46.5 Å². The molecule has 0 saturated heterocycles. The molecule has 0 heterocycles. The van der Waals surface area contributed by atoms with Crippen molar-refractivity contribution in [2.75, 3.05) is 0 Å². The zero-order valence-corrected chi connectivity index (χ0v) is 9.45. The van der Waals surface area contributed by atoms with Gasteiger partial charge < -0.3 is 10.2 Å². The Labute approximate surface area is 86.3 Å². The lowest BCUT2D eigenvalue weighted by atomic mass is 9.64. The van der Waals surface area contributed by atoms with E-state index in [1.54, 1.807) is 0 Å². The van der Waals surface area contributed by atoms with Crippen LogP contribution >= 0.6 is 0 Å². The van der Waals surface area contributed by atoms with Gasteiger partial charge in [0.15, 0.2) is 0 Å². The molecule has 0 aromatic rings. The van der Waals surface area contributed by atoms with E-state index in [9.17, 15) is 10.2 Å². The fourth-order valence-electron chi connectivity index (χ4n) is 3.69. The van der Waals surface area contributed by atoms with Gasteiger partial charge in [-0.05, 0) is 42.4 Å². The highest BCUT2D eigenvalue weighted by atomic mass is 16.3. The third kappa shape index (κ3) is 1.24. The average Bonchev–Trinajstić information content (AvgIpc) is 2.18. The van der Waals surface area contributed by atoms with Gasteiger partial charge in [0.25, 0.3) is 0 Å². The van der Waals surface area contributed by atoms with Crippen LogP contribution in [-0.2, 0) is 0 Å². The van der Waals surface area contributed by atoms with Crippen LogP contribution < -0.4 is 0 Å². The Bertz CT molecular complexity index is 234. The first-order valence-corrected chi connectivity index (χ1v) is 5.73. The minimum atomic E-state index is -0.306. The van der Waals surface area contributed by atoms with E-state index in [-0.39, 0.29) is 23.0 Å². The highest BCUT2D eigenvalue weighted by Gasteiger charge is 2.56. The summed E-state index contributed by atoms with van der Waals surface area (Å²) in [6.07, 6.45) is 3.09. The lowest BCUT2D eigenvalue weighted by Crippen LogP contribution is -2.36. The Morgan fingerprint density at radius 2 is 1.79 bits per heavy atom. The molecule has 0 aromatic carbocycles. The fourth-order valence-corrected chi connectivity index (χ4v) is 3.69. The molecular weight excluding hydrogens is 176 g/mol. The van der Waals surface area contributed by atoms with Crippen molar-refractivity contribution in [3.8, 4) is 0 Å². The van der Waals surface area contributed by atoms with E-state index in [0.717, 1.165) is 19.3 Å². The van der Waals surface area contributed by atoms with Crippen LogP contribution in [0.3, 0.4) is 0 Å². The fraction of sp³-hybridized carbons (Fsp3) is 1.00. The first-order valence-electron chi connectivity index (χ1n) is 5.73. The summed E-state index contributed by atoms with van der Waals surface area (Å²) < 4.78 is 0. The third-order valence-corrected chi connectivity index (χ3v) is 5.15. The number of fused-ring (bicyclic) bond motifs is 2. The first-order chi connectivity index (χ1) is 6.37. The molecule has 0 aliphatic heterocycles. The molecule has 1 unspecified atom stereocenters. The van der Waals surface area contributed by atoms with Gasteiger partial charge in [-0.3, -0.25) is 0 Å². The lowest BCUT2D eigenvalue weighted by Gasteiger charge is -2.41. The van der Waals surface area contributed by atoms with Crippen molar-refractivity contribution in [1.29, 1.82) is 0 Å². The van der Waals surface area contributed by atoms with Gasteiger partial charge >= 0.3 is 0 Å². The molecule has 2 N–H and O–H groups in total. The predicted octanol–water partition coefficient (Wildman–Crippen LogP) is 1.94. The molecule has 2 rings (SSSR count). The second kappa shape index (κ2) is 2.96. The summed E-state index contributed by atoms with van der Waals surface area (Å²) in [5, 5.41) is 19.9. The summed E-state index contributed by atoms with van der Waals surface area (Å²) in [6.45, 7) is 6.78. The number of aliphatic hydroxyl groups excluding tert-OH is 2. The van der Waals surface area contributed by atoms with Gasteiger partial charge in [0, 0.05) is 0 Å². The second-order valence-corrected chi connectivity index (χ2v) is 6.09. The van der Waals surface area contributed by atoms with Gasteiger partial charge in [0.1, 0.15) is 0 Å². The van der Waals surface area contributed by atoms with Crippen molar-refractivity contribution in [2.24, 2.45) is 16.7 Å². The smallest absolute Gasteiger partial charge is 0.0598 e. The van der Waals surface area contributed by atoms with Crippen molar-refractivity contribution >= 4 is 0 Å². The quantitative estimate of drug-likeness (QED) is 0.624. The Kier molecular flexibility index (Phi) is 2.20. The molecule has 2 nitrogen and oxygen atoms in total. The molecular formula is C12H22O2. The van der Waals surface area contributed by atoms with Gasteiger partial charge in [-0.15, -0.1) is 0 Å². The summed E-state index contributed by atoms with van der Waals surface area (Å²) in [6, 6.07) is 0. The Balaban J connectivity index is 2.36. The molecule has 2 aliphatic carbocycles. The zero-order chi connectivity index (χ0) is 10.6. The SMILES string of the molecule is CC1(C)[C@H]2CC[C@]1(C)C[C@H](O)CC2O. The van der Waals surface area contributed by atoms with Crippen LogP contribution in [0.4, 0.5) is 0 Å². The second-order valence-electron chi connectivity index (χ2n) is 6.09. The third-order valence-electron chi connectivity index (χ3n) is 5.15. The van der Waals surface area contributed by atoms with Crippen LogP contribution in [0.15, 0.2) is 0 Å². The van der Waals surface area contributed by atoms with Crippen LogP contribution in [0.2, 0.25) is 0 Å². The summed E-state index contributed by atoms with van der Waals surface area (Å²) in [5.41, 5.74) is 0.387. The van der Waals surface area contributed by atoms with E-state index < -0.39 is 0 Å². The monoisotopic (exact) mass is 198 g/mol. The highest BCUT2D eigenvalue weighted by Crippen LogP contribution is 2.61. The molecule has 2 heteroatoms. The Morgan fingerprint density at radius 1 is 1.14 bits per heavy atom. The van der Waals surface area contributed by atoms with Gasteiger partial charge in [0.2, 0.25) is 0 Å². The van der Waals surface area contributed by atoms with Crippen molar-refractivity contribution < 1.29 is 10.2 Å². The zero-order valence-electron chi connectivity index (χ0n) is 9.45. The van der Waals surface area contributed by atoms with E-state index in [0.29, 0.717) is 12.3 Å². The number of hydrogen-bond acceptors (Lipinski definition) is 2. The molecule has 0 radical (unpaired) electrons. The average molecular weight is 198 g/mol. The maximum absolute atomic E-state index is 10.0. The number of rotatable bonds is 0. The van der Waals surface area contributed by atoms with E-state index in [2.05, 4.69) is 20.8 Å². The van der Waals surface area contributed by atoms with E-state index in [1.165, 1.54) is 0 Å². The summed E-state index contributed by atoms with van der Waals surface area (Å²) in [5.74, 6) is 0.379. The van der Waals surface area contributed by atoms with Gasteiger partial charge in [-0.2, -0.15) is 0 Å². The molecule has 2 fully saturated rings. The maximum atomic E-state index is 10.0. The molecule has 82 valence electrons. The molecule has 14 heavy (non-hydrogen) atoms. The summed E-state index contributed by atoms with van der Waals surface area (Å²) in [4.78, 5) is 0. The molecule has 2 saturated carbocycles. The standard InChI is InChI=1S/C12H22O2/c1-11(2)9-4-5-12(11,3)7-8(13)6-10(9)14/h8-10,13-14H,4-7H2,1-3H3/t8-,9+,10?,12-/m1/s1. The Hall–Kier alpha value is -0.0800. The van der Waals surface area contributed by atoms with Crippen LogP contribution in [0.25, 0.3) is 0 Å². The van der Waals surface area contributed by atoms with Crippen molar-refractivity contribution in [1.82, 2.24) is 0 Å². The minimum absolute atomic E-state index is 0.171. The molecule has 0 spiro atoms. The van der Waals surface area contributed by atoms with Crippen LogP contribution in [-0.4, -0.2) is 22.4 Å². The first kappa shape index (κ1) is 10.4. The molecule has 2 aliphatic rings. The lowest BCUT2D eigenvalue weighted by molar-refractivity contribution is 0.0213. The predicted molar refractivity (Wildman–Crippen MR) is 55.9 cm³/mol. The van der Waals surface area contributed by atoms with E-state index in [4.69, 9.17) is 0 Å². The maximum Gasteiger partial charge on any atom is 0.0598 e. The summed E-state index contributed by atoms with van der Waals surface area (Å²) >= 11 is 0. The van der Waals surface area contributed by atoms with E-state index >= 15 is 0 Å². The largest absolute Gasteiger partial charge is 0.393 e. The number of aliphatic hydroxyl groups is 2. The normalized spacial score (nSPS) is 51.6. The Morgan fingerprint density at radius 3 is 2.43 bits per heavy atom. The highest BCUT2D eigenvalue weighted by molar-refractivity contribution is 5.05. The summed E-state index contributed by atoms with van der Waals surface area (Å²) in [7, 11) is 0. The van der Waals surface area contributed by atoms with Gasteiger partial charge in [-0.1, -0.05) is 20.8 Å². The topological polar surface area (TPSA) is 40.5 Å². The van der Waals surface area contributed by atoms with Crippen LogP contribution in [0.5, 0.6) is 0 Å². The molecule has 0 aromatic heterocycles. The molecule has 4 atom stereocenters. The minimum Gasteiger partial charge on any atom is -0.393 e. The van der Waals surface area contributed by atoms with E-state index in [1.807, 2.05) is 0 Å². The molecule has 2 bridgehead atoms. The van der Waals surface area contributed by atoms with Crippen molar-refractivity contribution in [3.63, 3.8) is 0 Å². The van der Waals surface area contributed by atoms with Gasteiger partial charge in [-0.25, -0.2) is 0 Å². The van der Waals surface area contributed by atoms with Crippen molar-refractivity contribution in [2.45, 2.75) is 58.7 Å². The van der Waals surface area contributed by atoms with Crippen molar-refractivity contribution in [3.05, 3.63) is 0 Å². The number of hydrogen-bond donors (Lipinski definition) is 2. The molecule has 0 amide bonds.